The second-order valence-electron chi connectivity index (χ2n) is 5.06. The van der Waals surface area contributed by atoms with Crippen molar-refractivity contribution in [2.24, 2.45) is 5.73 Å². The Balaban J connectivity index is 2.20. The number of fused-ring (bicyclic) bond motifs is 1. The Bertz CT molecular complexity index is 625. The molecule has 0 amide bonds. The third-order valence-corrected chi connectivity index (χ3v) is 4.01. The zero-order valence-electron chi connectivity index (χ0n) is 11.8. The highest BCUT2D eigenvalue weighted by atomic mass is 16.5. The van der Waals surface area contributed by atoms with E-state index in [-0.39, 0.29) is 6.04 Å². The fourth-order valence-electron chi connectivity index (χ4n) is 3.04. The first-order valence-electron chi connectivity index (χ1n) is 6.85. The lowest BCUT2D eigenvalue weighted by Gasteiger charge is -2.15. The molecule has 2 N–H and O–H groups in total. The fourth-order valence-corrected chi connectivity index (χ4v) is 3.04. The SMILES string of the molecule is COc1cccc(-c2cccc3c2CCC3N)c1OC. The van der Waals surface area contributed by atoms with Gasteiger partial charge in [0, 0.05) is 11.6 Å². The lowest BCUT2D eigenvalue weighted by atomic mass is 9.95. The van der Waals surface area contributed by atoms with Crippen LogP contribution in [0.2, 0.25) is 0 Å². The van der Waals surface area contributed by atoms with Crippen molar-refractivity contribution in [2.75, 3.05) is 14.2 Å². The van der Waals surface area contributed by atoms with E-state index in [0.717, 1.165) is 29.9 Å². The molecule has 0 bridgehead atoms. The number of rotatable bonds is 3. The van der Waals surface area contributed by atoms with Crippen molar-refractivity contribution in [3.8, 4) is 22.6 Å². The summed E-state index contributed by atoms with van der Waals surface area (Å²) >= 11 is 0. The van der Waals surface area contributed by atoms with Crippen LogP contribution in [0, 0.1) is 0 Å². The molecule has 2 aromatic carbocycles. The molecular weight excluding hydrogens is 250 g/mol. The topological polar surface area (TPSA) is 44.5 Å². The maximum Gasteiger partial charge on any atom is 0.168 e. The highest BCUT2D eigenvalue weighted by molar-refractivity contribution is 5.77. The summed E-state index contributed by atoms with van der Waals surface area (Å²) in [4.78, 5) is 0. The van der Waals surface area contributed by atoms with Gasteiger partial charge in [-0.2, -0.15) is 0 Å². The van der Waals surface area contributed by atoms with Gasteiger partial charge < -0.3 is 15.2 Å². The summed E-state index contributed by atoms with van der Waals surface area (Å²) in [5.41, 5.74) is 11.0. The minimum atomic E-state index is 0.154. The third kappa shape index (κ3) is 1.95. The van der Waals surface area contributed by atoms with E-state index in [0.29, 0.717) is 0 Å². The van der Waals surface area contributed by atoms with Gasteiger partial charge in [0.25, 0.3) is 0 Å². The molecule has 1 aliphatic rings. The van der Waals surface area contributed by atoms with Crippen LogP contribution in [0.25, 0.3) is 11.1 Å². The monoisotopic (exact) mass is 269 g/mol. The molecule has 1 unspecified atom stereocenters. The van der Waals surface area contributed by atoms with Crippen molar-refractivity contribution < 1.29 is 9.47 Å². The van der Waals surface area contributed by atoms with Gasteiger partial charge in [0.15, 0.2) is 11.5 Å². The zero-order valence-corrected chi connectivity index (χ0v) is 11.8. The molecule has 3 heteroatoms. The third-order valence-electron chi connectivity index (χ3n) is 4.01. The number of methoxy groups -OCH3 is 2. The molecule has 20 heavy (non-hydrogen) atoms. The smallest absolute Gasteiger partial charge is 0.168 e. The van der Waals surface area contributed by atoms with E-state index in [1.165, 1.54) is 16.7 Å². The Morgan fingerprint density at radius 3 is 2.50 bits per heavy atom. The number of nitrogens with two attached hydrogens (primary N) is 1. The van der Waals surface area contributed by atoms with Crippen LogP contribution in [0.5, 0.6) is 11.5 Å². The molecule has 3 rings (SSSR count). The van der Waals surface area contributed by atoms with Crippen LogP contribution in [-0.2, 0) is 6.42 Å². The molecule has 0 fully saturated rings. The van der Waals surface area contributed by atoms with Crippen LogP contribution in [-0.4, -0.2) is 14.2 Å². The predicted octanol–water partition coefficient (Wildman–Crippen LogP) is 3.32. The predicted molar refractivity (Wildman–Crippen MR) is 80.2 cm³/mol. The van der Waals surface area contributed by atoms with E-state index < -0.39 is 0 Å². The first-order chi connectivity index (χ1) is 9.76. The van der Waals surface area contributed by atoms with E-state index in [1.54, 1.807) is 14.2 Å². The van der Waals surface area contributed by atoms with Gasteiger partial charge in [0.2, 0.25) is 0 Å². The largest absolute Gasteiger partial charge is 0.493 e. The van der Waals surface area contributed by atoms with Crippen LogP contribution in [0.1, 0.15) is 23.6 Å². The Morgan fingerprint density at radius 2 is 1.75 bits per heavy atom. The summed E-state index contributed by atoms with van der Waals surface area (Å²) in [7, 11) is 3.34. The quantitative estimate of drug-likeness (QED) is 0.929. The lowest BCUT2D eigenvalue weighted by molar-refractivity contribution is 0.356. The van der Waals surface area contributed by atoms with Crippen molar-refractivity contribution in [1.29, 1.82) is 0 Å². The summed E-state index contributed by atoms with van der Waals surface area (Å²) in [5.74, 6) is 1.54. The number of hydrogen-bond acceptors (Lipinski definition) is 3. The molecule has 0 saturated heterocycles. The number of hydrogen-bond donors (Lipinski definition) is 1. The summed E-state index contributed by atoms with van der Waals surface area (Å²) in [5, 5.41) is 0. The fraction of sp³-hybridized carbons (Fsp3) is 0.294. The molecule has 0 aromatic heterocycles. The maximum absolute atomic E-state index is 6.16. The van der Waals surface area contributed by atoms with E-state index in [9.17, 15) is 0 Å². The lowest BCUT2D eigenvalue weighted by Crippen LogP contribution is -2.05. The molecule has 0 aliphatic heterocycles. The van der Waals surface area contributed by atoms with Crippen LogP contribution in [0.4, 0.5) is 0 Å². The molecule has 0 heterocycles. The maximum atomic E-state index is 6.16. The second-order valence-corrected chi connectivity index (χ2v) is 5.06. The Labute approximate surface area is 119 Å². The molecule has 3 nitrogen and oxygen atoms in total. The van der Waals surface area contributed by atoms with Crippen molar-refractivity contribution in [2.45, 2.75) is 18.9 Å². The normalized spacial score (nSPS) is 16.9. The molecule has 0 radical (unpaired) electrons. The van der Waals surface area contributed by atoms with Gasteiger partial charge in [0.05, 0.1) is 14.2 Å². The van der Waals surface area contributed by atoms with E-state index in [2.05, 4.69) is 24.3 Å². The van der Waals surface area contributed by atoms with Crippen LogP contribution >= 0.6 is 0 Å². The van der Waals surface area contributed by atoms with E-state index >= 15 is 0 Å². The molecule has 0 saturated carbocycles. The average molecular weight is 269 g/mol. The van der Waals surface area contributed by atoms with Crippen molar-refractivity contribution in [1.82, 2.24) is 0 Å². The van der Waals surface area contributed by atoms with Crippen LogP contribution in [0.15, 0.2) is 36.4 Å². The van der Waals surface area contributed by atoms with Gasteiger partial charge in [-0.3, -0.25) is 0 Å². The Kier molecular flexibility index (Phi) is 3.36. The Hall–Kier alpha value is -2.00. The summed E-state index contributed by atoms with van der Waals surface area (Å²) in [6, 6.07) is 12.5. The summed E-state index contributed by atoms with van der Waals surface area (Å²) in [6.07, 6.45) is 2.03. The molecule has 1 atom stereocenters. The molecule has 0 spiro atoms. The zero-order chi connectivity index (χ0) is 14.1. The standard InChI is InChI=1S/C17H19NO2/c1-19-16-8-4-7-14(17(16)20-2)11-5-3-6-13-12(11)9-10-15(13)18/h3-8,15H,9-10,18H2,1-2H3. The average Bonchev–Trinajstić information content (AvgIpc) is 2.88. The highest BCUT2D eigenvalue weighted by Crippen LogP contribution is 2.43. The molecular formula is C17H19NO2. The van der Waals surface area contributed by atoms with Crippen LogP contribution in [0.3, 0.4) is 0 Å². The number of para-hydroxylation sites is 1. The van der Waals surface area contributed by atoms with Gasteiger partial charge in [-0.1, -0.05) is 30.3 Å². The van der Waals surface area contributed by atoms with Gasteiger partial charge in [0.1, 0.15) is 0 Å². The van der Waals surface area contributed by atoms with Gasteiger partial charge in [-0.25, -0.2) is 0 Å². The molecule has 1 aliphatic carbocycles. The first-order valence-corrected chi connectivity index (χ1v) is 6.85. The van der Waals surface area contributed by atoms with Crippen molar-refractivity contribution in [3.63, 3.8) is 0 Å². The second kappa shape index (κ2) is 5.17. The van der Waals surface area contributed by atoms with Gasteiger partial charge in [-0.05, 0) is 35.6 Å². The van der Waals surface area contributed by atoms with Crippen molar-refractivity contribution >= 4 is 0 Å². The number of ether oxygens (including phenoxy) is 2. The minimum absolute atomic E-state index is 0.154. The number of benzene rings is 2. The van der Waals surface area contributed by atoms with E-state index in [1.807, 2.05) is 12.1 Å². The molecule has 2 aromatic rings. The van der Waals surface area contributed by atoms with Crippen LogP contribution < -0.4 is 15.2 Å². The van der Waals surface area contributed by atoms with Crippen molar-refractivity contribution in [3.05, 3.63) is 47.5 Å². The van der Waals surface area contributed by atoms with Gasteiger partial charge >= 0.3 is 0 Å². The first kappa shape index (κ1) is 13.0. The summed E-state index contributed by atoms with van der Waals surface area (Å²) in [6.45, 7) is 0. The minimum Gasteiger partial charge on any atom is -0.493 e. The highest BCUT2D eigenvalue weighted by Gasteiger charge is 2.23. The van der Waals surface area contributed by atoms with Gasteiger partial charge in [-0.15, -0.1) is 0 Å². The summed E-state index contributed by atoms with van der Waals surface area (Å²) < 4.78 is 10.9. The van der Waals surface area contributed by atoms with E-state index in [4.69, 9.17) is 15.2 Å². The Morgan fingerprint density at radius 1 is 1.00 bits per heavy atom. The molecule has 104 valence electrons.